The fraction of sp³-hybridized carbons (Fsp3) is 0.818. The lowest BCUT2D eigenvalue weighted by Gasteiger charge is -2.21. The molecule has 0 aliphatic carbocycles. The Hall–Kier alpha value is -0.340. The molecule has 0 aromatic rings. The van der Waals surface area contributed by atoms with Gasteiger partial charge in [-0.3, -0.25) is 0 Å². The van der Waals surface area contributed by atoms with Crippen LogP contribution in [0.25, 0.3) is 0 Å². The first-order chi connectivity index (χ1) is 5.99. The molecule has 78 valence electrons. The second kappa shape index (κ2) is 6.17. The third kappa shape index (κ3) is 5.06. The molecule has 0 aliphatic rings. The highest BCUT2D eigenvalue weighted by Crippen LogP contribution is 2.17. The summed E-state index contributed by atoms with van der Waals surface area (Å²) in [6.45, 7) is 9.50. The second-order valence-corrected chi connectivity index (χ2v) is 3.93. The van der Waals surface area contributed by atoms with Gasteiger partial charge in [0.25, 0.3) is 0 Å². The molecule has 3 unspecified atom stereocenters. The van der Waals surface area contributed by atoms with Gasteiger partial charge in [0.2, 0.25) is 0 Å². The zero-order valence-electron chi connectivity index (χ0n) is 8.95. The van der Waals surface area contributed by atoms with Crippen molar-refractivity contribution in [3.05, 3.63) is 12.2 Å². The number of aliphatic hydroxyl groups is 2. The Kier molecular flexibility index (Phi) is 6.00. The molecule has 0 bridgehead atoms. The molecule has 0 rings (SSSR count). The van der Waals surface area contributed by atoms with Crippen molar-refractivity contribution < 1.29 is 10.2 Å². The zero-order chi connectivity index (χ0) is 10.4. The van der Waals surface area contributed by atoms with Crippen LogP contribution in [0.2, 0.25) is 0 Å². The first-order valence-electron chi connectivity index (χ1n) is 5.00. The molecule has 2 nitrogen and oxygen atoms in total. The van der Waals surface area contributed by atoms with Gasteiger partial charge in [0, 0.05) is 0 Å². The lowest BCUT2D eigenvalue weighted by molar-refractivity contribution is 0.0741. The van der Waals surface area contributed by atoms with Gasteiger partial charge in [-0.2, -0.15) is 0 Å². The van der Waals surface area contributed by atoms with Crippen molar-refractivity contribution >= 4 is 0 Å². The Morgan fingerprint density at radius 1 is 1.38 bits per heavy atom. The maximum atomic E-state index is 9.61. The summed E-state index contributed by atoms with van der Waals surface area (Å²) >= 11 is 0. The van der Waals surface area contributed by atoms with Crippen LogP contribution in [-0.2, 0) is 0 Å². The maximum Gasteiger partial charge on any atom is 0.0748 e. The number of hydrogen-bond acceptors (Lipinski definition) is 2. The van der Waals surface area contributed by atoms with Crippen LogP contribution in [0.3, 0.4) is 0 Å². The fourth-order valence-electron chi connectivity index (χ4n) is 1.29. The normalized spacial score (nSPS) is 17.9. The second-order valence-electron chi connectivity index (χ2n) is 3.93. The summed E-state index contributed by atoms with van der Waals surface area (Å²) in [6.07, 6.45) is 1.63. The molecule has 0 saturated carbocycles. The third-order valence-corrected chi connectivity index (χ3v) is 2.41. The molecule has 2 heteroatoms. The summed E-state index contributed by atoms with van der Waals surface area (Å²) in [5.74, 6) is 0.145. The largest absolute Gasteiger partial charge is 0.393 e. The average molecular weight is 186 g/mol. The van der Waals surface area contributed by atoms with Crippen molar-refractivity contribution in [3.8, 4) is 0 Å². The van der Waals surface area contributed by atoms with Crippen LogP contribution < -0.4 is 0 Å². The molecule has 0 saturated heterocycles. The van der Waals surface area contributed by atoms with Crippen LogP contribution in [0.15, 0.2) is 12.2 Å². The molecule has 0 radical (unpaired) electrons. The van der Waals surface area contributed by atoms with Crippen LogP contribution in [0.1, 0.15) is 40.0 Å². The van der Waals surface area contributed by atoms with E-state index in [2.05, 4.69) is 6.58 Å². The first kappa shape index (κ1) is 12.7. The Balaban J connectivity index is 3.84. The Morgan fingerprint density at radius 2 is 1.92 bits per heavy atom. The van der Waals surface area contributed by atoms with Crippen LogP contribution in [-0.4, -0.2) is 22.4 Å². The Bertz CT molecular complexity index is 154. The predicted octanol–water partition coefficient (Wildman–Crippen LogP) is 2.11. The summed E-state index contributed by atoms with van der Waals surface area (Å²) < 4.78 is 0. The highest BCUT2D eigenvalue weighted by molar-refractivity contribution is 4.97. The topological polar surface area (TPSA) is 40.5 Å². The van der Waals surface area contributed by atoms with Crippen molar-refractivity contribution in [2.75, 3.05) is 0 Å². The van der Waals surface area contributed by atoms with Gasteiger partial charge < -0.3 is 10.2 Å². The molecule has 3 atom stereocenters. The van der Waals surface area contributed by atoms with Gasteiger partial charge in [-0.1, -0.05) is 32.4 Å². The van der Waals surface area contributed by atoms with E-state index < -0.39 is 6.10 Å². The zero-order valence-corrected chi connectivity index (χ0v) is 8.95. The van der Waals surface area contributed by atoms with Gasteiger partial charge in [-0.05, 0) is 25.7 Å². The Labute approximate surface area is 81.3 Å². The quantitative estimate of drug-likeness (QED) is 0.624. The van der Waals surface area contributed by atoms with E-state index in [1.807, 2.05) is 20.8 Å². The summed E-state index contributed by atoms with van der Waals surface area (Å²) in [5, 5.41) is 19.1. The van der Waals surface area contributed by atoms with Crippen molar-refractivity contribution in [3.63, 3.8) is 0 Å². The van der Waals surface area contributed by atoms with Crippen molar-refractivity contribution in [1.29, 1.82) is 0 Å². The van der Waals surface area contributed by atoms with Gasteiger partial charge >= 0.3 is 0 Å². The highest BCUT2D eigenvalue weighted by atomic mass is 16.3. The lowest BCUT2D eigenvalue weighted by atomic mass is 9.93. The molecule has 0 amide bonds. The average Bonchev–Trinajstić information content (AvgIpc) is 2.04. The van der Waals surface area contributed by atoms with E-state index in [4.69, 9.17) is 0 Å². The smallest absolute Gasteiger partial charge is 0.0748 e. The van der Waals surface area contributed by atoms with E-state index >= 15 is 0 Å². The van der Waals surface area contributed by atoms with Crippen LogP contribution in [0.4, 0.5) is 0 Å². The third-order valence-electron chi connectivity index (χ3n) is 2.41. The summed E-state index contributed by atoms with van der Waals surface area (Å²) in [7, 11) is 0. The minimum absolute atomic E-state index is 0.145. The monoisotopic (exact) mass is 186 g/mol. The first-order valence-corrected chi connectivity index (χ1v) is 5.00. The molecule has 0 fully saturated rings. The molecular weight excluding hydrogens is 164 g/mol. The van der Waals surface area contributed by atoms with Crippen LogP contribution in [0.5, 0.6) is 0 Å². The molecule has 2 N–H and O–H groups in total. The van der Waals surface area contributed by atoms with Gasteiger partial charge in [0.1, 0.15) is 0 Å². The molecular formula is C11H22O2. The molecule has 13 heavy (non-hydrogen) atoms. The summed E-state index contributed by atoms with van der Waals surface area (Å²) in [5.41, 5.74) is 0.774. The lowest BCUT2D eigenvalue weighted by Crippen LogP contribution is -2.23. The van der Waals surface area contributed by atoms with Gasteiger partial charge in [0.15, 0.2) is 0 Å². The van der Waals surface area contributed by atoms with Crippen molar-refractivity contribution in [2.24, 2.45) is 5.92 Å². The van der Waals surface area contributed by atoms with Gasteiger partial charge in [0.05, 0.1) is 12.2 Å². The van der Waals surface area contributed by atoms with Crippen molar-refractivity contribution in [2.45, 2.75) is 52.2 Å². The fourth-order valence-corrected chi connectivity index (χ4v) is 1.29. The van der Waals surface area contributed by atoms with E-state index in [1.54, 1.807) is 0 Å². The number of hydrogen-bond donors (Lipinski definition) is 2. The molecule has 0 spiro atoms. The number of aliphatic hydroxyl groups excluding tert-OH is 2. The van der Waals surface area contributed by atoms with Gasteiger partial charge in [-0.25, -0.2) is 0 Å². The van der Waals surface area contributed by atoms with E-state index in [0.717, 1.165) is 18.4 Å². The maximum absolute atomic E-state index is 9.61. The van der Waals surface area contributed by atoms with Crippen LogP contribution >= 0.6 is 0 Å². The van der Waals surface area contributed by atoms with E-state index in [0.29, 0.717) is 6.42 Å². The SMILES string of the molecule is C=C(C)C(O)CC(C)C(O)CCC. The number of rotatable bonds is 6. The summed E-state index contributed by atoms with van der Waals surface area (Å²) in [6, 6.07) is 0. The predicted molar refractivity (Wildman–Crippen MR) is 55.5 cm³/mol. The van der Waals surface area contributed by atoms with Gasteiger partial charge in [-0.15, -0.1) is 0 Å². The molecule has 0 aliphatic heterocycles. The standard InChI is InChI=1S/C11H22O2/c1-5-6-10(12)9(4)7-11(13)8(2)3/h9-13H,2,5-7H2,1,3-4H3. The highest BCUT2D eigenvalue weighted by Gasteiger charge is 2.17. The minimum atomic E-state index is -0.471. The van der Waals surface area contributed by atoms with E-state index in [1.165, 1.54) is 0 Å². The molecule has 0 heterocycles. The van der Waals surface area contributed by atoms with E-state index in [9.17, 15) is 10.2 Å². The molecule has 0 aromatic carbocycles. The molecule has 0 aromatic heterocycles. The Morgan fingerprint density at radius 3 is 2.31 bits per heavy atom. The van der Waals surface area contributed by atoms with E-state index in [-0.39, 0.29) is 12.0 Å². The van der Waals surface area contributed by atoms with Crippen molar-refractivity contribution in [1.82, 2.24) is 0 Å². The van der Waals surface area contributed by atoms with Crippen LogP contribution in [0, 0.1) is 5.92 Å². The summed E-state index contributed by atoms with van der Waals surface area (Å²) in [4.78, 5) is 0. The minimum Gasteiger partial charge on any atom is -0.393 e.